The molecule has 0 amide bonds. The number of halogens is 1. The first-order chi connectivity index (χ1) is 8.99. The maximum atomic E-state index is 5.26. The summed E-state index contributed by atoms with van der Waals surface area (Å²) < 4.78 is 3.76. The maximum Gasteiger partial charge on any atom is 0.226 e. The van der Waals surface area contributed by atoms with Gasteiger partial charge in [-0.25, -0.2) is 5.10 Å². The summed E-state index contributed by atoms with van der Waals surface area (Å²) >= 11 is 8.75. The van der Waals surface area contributed by atoms with Crippen molar-refractivity contribution < 1.29 is 0 Å². The van der Waals surface area contributed by atoms with Crippen LogP contribution in [0.15, 0.2) is 28.7 Å². The van der Waals surface area contributed by atoms with E-state index in [0.717, 1.165) is 17.0 Å². The minimum Gasteiger partial charge on any atom is -0.340 e. The van der Waals surface area contributed by atoms with Crippen LogP contribution in [0.2, 0.25) is 0 Å². The van der Waals surface area contributed by atoms with Gasteiger partial charge in [0.25, 0.3) is 0 Å². The van der Waals surface area contributed by atoms with Gasteiger partial charge in [-0.15, -0.1) is 5.10 Å². The van der Waals surface area contributed by atoms with Gasteiger partial charge in [0.15, 0.2) is 4.77 Å². The van der Waals surface area contributed by atoms with Crippen molar-refractivity contribution in [3.8, 4) is 0 Å². The average Bonchev–Trinajstić information content (AvgIpc) is 2.71. The van der Waals surface area contributed by atoms with Gasteiger partial charge in [-0.3, -0.25) is 4.57 Å². The summed E-state index contributed by atoms with van der Waals surface area (Å²) in [6, 6.07) is 8.55. The Morgan fingerprint density at radius 3 is 2.84 bits per heavy atom. The fourth-order valence-electron chi connectivity index (χ4n) is 2.01. The van der Waals surface area contributed by atoms with Gasteiger partial charge in [-0.1, -0.05) is 28.1 Å². The fourth-order valence-corrected chi connectivity index (χ4v) is 2.80. The zero-order valence-corrected chi connectivity index (χ0v) is 13.6. The highest BCUT2D eigenvalue weighted by molar-refractivity contribution is 9.10. The third kappa shape index (κ3) is 3.25. The molecule has 0 aliphatic rings. The summed E-state index contributed by atoms with van der Waals surface area (Å²) in [5.74, 6) is 0.861. The van der Waals surface area contributed by atoms with E-state index < -0.39 is 0 Å². The first kappa shape index (κ1) is 14.3. The van der Waals surface area contributed by atoms with E-state index in [2.05, 4.69) is 57.0 Å². The molecule has 6 heteroatoms. The third-order valence-corrected chi connectivity index (χ3v) is 3.63. The summed E-state index contributed by atoms with van der Waals surface area (Å²) in [6.07, 6.45) is 0. The van der Waals surface area contributed by atoms with Crippen LogP contribution in [0.3, 0.4) is 0 Å². The second kappa shape index (κ2) is 5.88. The van der Waals surface area contributed by atoms with Crippen molar-refractivity contribution >= 4 is 34.1 Å². The van der Waals surface area contributed by atoms with E-state index in [0.29, 0.717) is 4.77 Å². The van der Waals surface area contributed by atoms with E-state index in [1.165, 1.54) is 5.56 Å². The second-order valence-electron chi connectivity index (χ2n) is 4.78. The van der Waals surface area contributed by atoms with Crippen molar-refractivity contribution in [3.63, 3.8) is 0 Å². The maximum absolute atomic E-state index is 5.26. The molecule has 0 aliphatic carbocycles. The van der Waals surface area contributed by atoms with Crippen LogP contribution in [0.1, 0.15) is 25.5 Å². The quantitative estimate of drug-likeness (QED) is 0.857. The molecule has 1 aromatic carbocycles. The fraction of sp³-hybridized carbons (Fsp3) is 0.385. The van der Waals surface area contributed by atoms with Gasteiger partial charge in [0.2, 0.25) is 5.95 Å². The Morgan fingerprint density at radius 1 is 1.47 bits per heavy atom. The van der Waals surface area contributed by atoms with Gasteiger partial charge in [0.05, 0.1) is 0 Å². The molecule has 102 valence electrons. The lowest BCUT2D eigenvalue weighted by atomic mass is 10.2. The predicted octanol–water partition coefficient (Wildman–Crippen LogP) is 3.92. The topological polar surface area (TPSA) is 36.9 Å². The van der Waals surface area contributed by atoms with Gasteiger partial charge in [0, 0.05) is 24.1 Å². The lowest BCUT2D eigenvalue weighted by molar-refractivity contribution is 0.583. The van der Waals surface area contributed by atoms with E-state index in [-0.39, 0.29) is 6.04 Å². The molecule has 0 saturated carbocycles. The number of benzene rings is 1. The molecule has 1 aromatic heterocycles. The number of nitrogens with one attached hydrogen (secondary N) is 1. The van der Waals surface area contributed by atoms with Crippen molar-refractivity contribution in [1.82, 2.24) is 14.8 Å². The third-order valence-electron chi connectivity index (χ3n) is 2.85. The molecule has 1 N–H and O–H groups in total. The SMILES string of the molecule is CC(C)n1c(N(C)Cc2cccc(Br)c2)n[nH]c1=S. The monoisotopic (exact) mass is 340 g/mol. The second-order valence-corrected chi connectivity index (χ2v) is 6.08. The number of rotatable bonds is 4. The van der Waals surface area contributed by atoms with E-state index in [4.69, 9.17) is 12.2 Å². The number of aromatic amines is 1. The van der Waals surface area contributed by atoms with Crippen molar-refractivity contribution in [2.45, 2.75) is 26.4 Å². The molecule has 0 unspecified atom stereocenters. The number of hydrogen-bond donors (Lipinski definition) is 1. The summed E-state index contributed by atoms with van der Waals surface area (Å²) in [4.78, 5) is 2.09. The first-order valence-electron chi connectivity index (χ1n) is 6.11. The Labute approximate surface area is 126 Å². The van der Waals surface area contributed by atoms with Gasteiger partial charge >= 0.3 is 0 Å². The predicted molar refractivity (Wildman–Crippen MR) is 84.0 cm³/mol. The van der Waals surface area contributed by atoms with Crippen molar-refractivity contribution in [3.05, 3.63) is 39.1 Å². The molecule has 0 bridgehead atoms. The molecule has 0 spiro atoms. The Kier molecular flexibility index (Phi) is 4.42. The van der Waals surface area contributed by atoms with Crippen molar-refractivity contribution in [2.24, 2.45) is 0 Å². The number of aromatic nitrogens is 3. The van der Waals surface area contributed by atoms with E-state index in [9.17, 15) is 0 Å². The van der Waals surface area contributed by atoms with Gasteiger partial charge in [-0.05, 0) is 43.8 Å². The Bertz CT molecular complexity index is 617. The van der Waals surface area contributed by atoms with Crippen LogP contribution < -0.4 is 4.90 Å². The Balaban J connectivity index is 2.25. The molecule has 4 nitrogen and oxygen atoms in total. The standard InChI is InChI=1S/C13H17BrN4S/c1-9(2)18-12(15-16-13(18)19)17(3)8-10-5-4-6-11(14)7-10/h4-7,9H,8H2,1-3H3,(H,16,19). The molecular weight excluding hydrogens is 324 g/mol. The smallest absolute Gasteiger partial charge is 0.226 e. The normalized spacial score (nSPS) is 11.0. The van der Waals surface area contributed by atoms with Crippen LogP contribution in [0.4, 0.5) is 5.95 Å². The van der Waals surface area contributed by atoms with Crippen LogP contribution in [0, 0.1) is 4.77 Å². The summed E-state index contributed by atoms with van der Waals surface area (Å²) in [5, 5.41) is 7.18. The lowest BCUT2D eigenvalue weighted by Gasteiger charge is -2.20. The molecule has 19 heavy (non-hydrogen) atoms. The van der Waals surface area contributed by atoms with Crippen LogP contribution in [0.25, 0.3) is 0 Å². The lowest BCUT2D eigenvalue weighted by Crippen LogP contribution is -2.21. The van der Waals surface area contributed by atoms with E-state index in [1.54, 1.807) is 0 Å². The number of H-pyrrole nitrogens is 1. The van der Waals surface area contributed by atoms with Gasteiger partial charge < -0.3 is 4.90 Å². The average molecular weight is 341 g/mol. The molecule has 2 rings (SSSR count). The number of nitrogens with zero attached hydrogens (tertiary/aromatic N) is 3. The molecule has 2 aromatic rings. The molecule has 1 heterocycles. The first-order valence-corrected chi connectivity index (χ1v) is 7.31. The minimum absolute atomic E-state index is 0.284. The molecular formula is C13H17BrN4S. The molecule has 0 aliphatic heterocycles. The Morgan fingerprint density at radius 2 is 2.21 bits per heavy atom. The molecule has 0 radical (unpaired) electrons. The highest BCUT2D eigenvalue weighted by atomic mass is 79.9. The minimum atomic E-state index is 0.284. The number of hydrogen-bond acceptors (Lipinski definition) is 3. The molecule has 0 saturated heterocycles. The summed E-state index contributed by atoms with van der Waals surface area (Å²) in [6.45, 7) is 4.98. The van der Waals surface area contributed by atoms with E-state index in [1.807, 2.05) is 23.7 Å². The number of anilines is 1. The summed E-state index contributed by atoms with van der Waals surface area (Å²) in [7, 11) is 2.02. The van der Waals surface area contributed by atoms with Crippen LogP contribution >= 0.6 is 28.1 Å². The van der Waals surface area contributed by atoms with Crippen LogP contribution in [-0.4, -0.2) is 21.8 Å². The Hall–Kier alpha value is -1.14. The largest absolute Gasteiger partial charge is 0.340 e. The van der Waals surface area contributed by atoms with Gasteiger partial charge in [0.1, 0.15) is 0 Å². The van der Waals surface area contributed by atoms with Crippen molar-refractivity contribution in [2.75, 3.05) is 11.9 Å². The summed E-state index contributed by atoms with van der Waals surface area (Å²) in [5.41, 5.74) is 1.22. The molecule has 0 fully saturated rings. The van der Waals surface area contributed by atoms with E-state index >= 15 is 0 Å². The molecule has 0 atom stereocenters. The van der Waals surface area contributed by atoms with Crippen molar-refractivity contribution in [1.29, 1.82) is 0 Å². The van der Waals surface area contributed by atoms with Gasteiger partial charge in [-0.2, -0.15) is 0 Å². The zero-order valence-electron chi connectivity index (χ0n) is 11.2. The van der Waals surface area contributed by atoms with Crippen LogP contribution in [-0.2, 0) is 6.54 Å². The zero-order chi connectivity index (χ0) is 14.0. The highest BCUT2D eigenvalue weighted by Gasteiger charge is 2.13. The highest BCUT2D eigenvalue weighted by Crippen LogP contribution is 2.19. The van der Waals surface area contributed by atoms with Crippen LogP contribution in [0.5, 0.6) is 0 Å².